The fraction of sp³-hybridized carbons (Fsp3) is 0.529. The number of aromatic amines is 6. The number of aryl methyl sites for hydroxylation is 6. The highest BCUT2D eigenvalue weighted by Gasteiger charge is 2.41. The van der Waals surface area contributed by atoms with Crippen LogP contribution in [0.15, 0.2) is 74.2 Å². The van der Waals surface area contributed by atoms with Crippen LogP contribution >= 0.6 is 0 Å². The van der Waals surface area contributed by atoms with Crippen molar-refractivity contribution >= 4 is 137 Å². The second-order valence-electron chi connectivity index (χ2n) is 29.7. The molecule has 0 saturated carbocycles. The molecule has 6 aliphatic heterocycles. The lowest BCUT2D eigenvalue weighted by Gasteiger charge is -2.41. The maximum Gasteiger partial charge on any atom is 0.302 e. The summed E-state index contributed by atoms with van der Waals surface area (Å²) < 4.78 is 647. The zero-order valence-corrected chi connectivity index (χ0v) is 76.8. The molecule has 12 aromatic heterocycles. The number of hydrogen-bond acceptors (Lipinski definition) is 24. The number of likely N-dealkylation sites (N-methyl/N-ethyl adjacent to an activating group) is 6. The molecule has 6 aliphatic rings. The van der Waals surface area contributed by atoms with Gasteiger partial charge in [-0.2, -0.15) is 0 Å². The van der Waals surface area contributed by atoms with Gasteiger partial charge < -0.3 is 118 Å². The van der Waals surface area contributed by atoms with Gasteiger partial charge in [0.1, 0.15) is 123 Å². The molecule has 6 saturated heterocycles. The van der Waals surface area contributed by atoms with Crippen molar-refractivity contribution in [2.75, 3.05) is 188 Å². The van der Waals surface area contributed by atoms with Gasteiger partial charge in [0.15, 0.2) is 0 Å². The Labute approximate surface area is 949 Å². The first-order valence-electron chi connectivity index (χ1n) is 79.9. The van der Waals surface area contributed by atoms with Crippen molar-refractivity contribution in [1.29, 1.82) is 0 Å². The van der Waals surface area contributed by atoms with E-state index in [1.807, 2.05) is 0 Å². The zero-order valence-electron chi connectivity index (χ0n) is 155. The molecular formula is C102H132N36O6. The molecule has 6 N–H and O–H groups in total. The summed E-state index contributed by atoms with van der Waals surface area (Å²) in [6.45, 7) is -34.2. The lowest BCUT2D eigenvalue weighted by molar-refractivity contribution is -0.131. The summed E-state index contributed by atoms with van der Waals surface area (Å²) in [5.74, 6) is -33.1. The van der Waals surface area contributed by atoms with E-state index in [4.69, 9.17) is 142 Å². The van der Waals surface area contributed by atoms with Gasteiger partial charge in [0.25, 0.3) is 39.0 Å². The van der Waals surface area contributed by atoms with Gasteiger partial charge in [0.05, 0.1) is 97.3 Å². The molecule has 0 aromatic carbocycles. The van der Waals surface area contributed by atoms with Crippen molar-refractivity contribution < 1.29 is 136 Å². The van der Waals surface area contributed by atoms with E-state index in [1.54, 1.807) is 6.92 Å². The molecule has 0 bridgehead atoms. The topological polar surface area (TPSA) is 417 Å². The summed E-state index contributed by atoms with van der Waals surface area (Å²) in [5, 5.41) is -0.906. The van der Waals surface area contributed by atoms with E-state index in [-0.39, 0.29) is 151 Å². The molecular weight excluding hydrogens is 1830 g/mol. The molecule has 0 aliphatic carbocycles. The molecule has 42 nitrogen and oxygen atoms in total. The monoisotopic (exact) mass is 2040 g/mol. The first kappa shape index (κ1) is 43.6. The van der Waals surface area contributed by atoms with Gasteiger partial charge in [-0.15, -0.1) is 0 Å². The summed E-state index contributed by atoms with van der Waals surface area (Å²) in [7, 11) is 2.90. The molecule has 0 unspecified atom stereocenters. The predicted molar refractivity (Wildman–Crippen MR) is 556 cm³/mol. The fourth-order valence-corrected chi connectivity index (χ4v) is 13.3. The number of hydrogen-bond donors (Lipinski definition) is 6. The van der Waals surface area contributed by atoms with Crippen molar-refractivity contribution in [3.63, 3.8) is 0 Å². The Balaban J connectivity index is 0.000000211. The van der Waals surface area contributed by atoms with Crippen LogP contribution in [0.25, 0.3) is 95.3 Å². The third-order valence-electron chi connectivity index (χ3n) is 19.9. The molecule has 12 atom stereocenters. The minimum Gasteiger partial charge on any atom is -0.354 e. The third kappa shape index (κ3) is 24.5. The number of anilines is 6. The first-order valence-corrected chi connectivity index (χ1v) is 40.9. The minimum atomic E-state index is -4.09. The number of amides is 6. The van der Waals surface area contributed by atoms with Gasteiger partial charge in [-0.1, -0.05) is 41.3 Å². The number of fused-ring (bicyclic) bond motifs is 6. The molecule has 0 spiro atoms. The van der Waals surface area contributed by atoms with Gasteiger partial charge in [0.2, 0.25) is 0 Å². The summed E-state index contributed by atoms with van der Waals surface area (Å²) in [6.07, 6.45) is -16.1. The molecule has 18 rings (SSSR count). The van der Waals surface area contributed by atoms with Gasteiger partial charge >= 0.3 is 35.4 Å². The minimum absolute atomic E-state index is 0.00855. The molecule has 18 heterocycles. The summed E-state index contributed by atoms with van der Waals surface area (Å²) in [5.41, 5.74) is 1.65. The number of likely N-dealkylation sites (tertiary alicyclic amines) is 6. The van der Waals surface area contributed by atoms with Crippen LogP contribution in [0.5, 0.6) is 0 Å². The van der Waals surface area contributed by atoms with Crippen molar-refractivity contribution in [3.05, 3.63) is 177 Å². The highest BCUT2D eigenvalue weighted by atomic mass is 16.2. The molecule has 756 valence electrons. The van der Waals surface area contributed by atoms with Crippen LogP contribution in [0.2, 0.25) is 0 Å². The molecule has 6 fully saturated rings. The Morgan fingerprint density at radius 2 is 0.556 bits per heavy atom. The normalized spacial score (nSPS) is 39.3. The summed E-state index contributed by atoms with van der Waals surface area (Å²) in [4.78, 5) is 156. The second-order valence-corrected chi connectivity index (χ2v) is 29.7. The van der Waals surface area contributed by atoms with Crippen LogP contribution in [0.1, 0.15) is 221 Å². The molecule has 12 aromatic rings. The van der Waals surface area contributed by atoms with Crippen LogP contribution < -0.4 is 29.4 Å². The second kappa shape index (κ2) is 47.7. The standard InChI is InChI=1S/6C17H22N6O/c6*1-11-5-6-23(15(24)8-18-3)9-14(11)22(4)17-13-7-12(2)21-16(13)19-10-20-17/h6*7,10-11,14H,5-6,8-9H2,1-2,4H3,(H,19,20,21)/t6*11-,14+/m111111/s1/i1D3,5D2,6D2,7D,8D2,9D2,11D,14D;5D2,6D2,7D,8D2,9D2,11D,14D;4D3,5D2,6D2,7D,8D2,9D2,11D;1D3,5D2,6D2,7D,8D2,9D2,14D;1D3,4D3,5D2,6D2,7D,8D2,9D2;4D3,5D2,6D2,7D,8D2,9D2. The average Bonchev–Trinajstić information content (AvgIpc) is 0.727. The number of H-pyrrole nitrogens is 6. The van der Waals surface area contributed by atoms with Crippen molar-refractivity contribution in [2.24, 2.45) is 35.4 Å². The van der Waals surface area contributed by atoms with Gasteiger partial charge in [-0.3, -0.25) is 28.8 Å². The third-order valence-corrected chi connectivity index (χ3v) is 19.9. The Morgan fingerprint density at radius 3 is 0.847 bits per heavy atom. The Hall–Kier alpha value is -15.7. The van der Waals surface area contributed by atoms with Crippen molar-refractivity contribution in [3.8, 4) is 0 Å². The van der Waals surface area contributed by atoms with E-state index in [9.17, 15) is 32.9 Å². The molecule has 0 radical (unpaired) electrons. The largest absolute Gasteiger partial charge is 0.354 e. The molecule has 42 heteroatoms. The maximum absolute atomic E-state index is 13.1. The van der Waals surface area contributed by atoms with Crippen LogP contribution in [-0.4, -0.2) is 350 Å². The zero-order chi connectivity index (χ0) is 172. The highest BCUT2D eigenvalue weighted by Crippen LogP contribution is 2.38. The van der Waals surface area contributed by atoms with E-state index >= 15 is 0 Å². The lowest BCUT2D eigenvalue weighted by atomic mass is 9.92. The number of rotatable bonds is 18. The van der Waals surface area contributed by atoms with E-state index < -0.39 is 357 Å². The fourth-order valence-electron chi connectivity index (χ4n) is 13.3. The smallest absolute Gasteiger partial charge is 0.302 e. The van der Waals surface area contributed by atoms with E-state index in [2.05, 4.69) is 119 Å². The quantitative estimate of drug-likeness (QED) is 0.0435. The van der Waals surface area contributed by atoms with Crippen molar-refractivity contribution in [1.82, 2.24) is 119 Å². The van der Waals surface area contributed by atoms with Gasteiger partial charge in [0, 0.05) is 216 Å². The highest BCUT2D eigenvalue weighted by molar-refractivity contribution is 5.94. The van der Waals surface area contributed by atoms with Gasteiger partial charge in [-0.05, 0) is 151 Å². The Morgan fingerprint density at radius 1 is 0.326 bits per heavy atom. The summed E-state index contributed by atoms with van der Waals surface area (Å²) in [6, 6.07) is -19.4. The average molecular weight is 2040 g/mol. The maximum atomic E-state index is 13.1. The van der Waals surface area contributed by atoms with Crippen LogP contribution in [-0.2, 0) is 28.8 Å². The predicted octanol–water partition coefficient (Wildman–Crippen LogP) is 11.2. The Bertz CT molecular complexity index is 10900. The van der Waals surface area contributed by atoms with E-state index in [0.717, 1.165) is 84.8 Å². The number of nitrogens with one attached hydrogen (secondary N) is 6. The molecule has 144 heavy (non-hydrogen) atoms. The number of carbonyl (C=O) groups excluding carboxylic acids is 6. The van der Waals surface area contributed by atoms with Crippen LogP contribution in [0, 0.1) is 116 Å². The van der Waals surface area contributed by atoms with Gasteiger partial charge in [-0.25, -0.2) is 99.2 Å². The number of aromatic nitrogens is 18. The van der Waals surface area contributed by atoms with E-state index in [0.29, 0.717) is 20.4 Å². The number of nitrogens with zero attached hydrogens (tertiary/aromatic N) is 30. The summed E-state index contributed by atoms with van der Waals surface area (Å²) >= 11 is 0. The molecule has 6 amide bonds. The Kier molecular flexibility index (Phi) is 14.4. The first-order chi connectivity index (χ1) is 99.1. The number of carbonyl (C=O) groups is 6. The number of piperidine rings is 6. The van der Waals surface area contributed by atoms with Crippen LogP contribution in [0.4, 0.5) is 34.9 Å². The van der Waals surface area contributed by atoms with Crippen molar-refractivity contribution in [2.45, 2.75) is 157 Å². The van der Waals surface area contributed by atoms with Crippen LogP contribution in [0.3, 0.4) is 0 Å². The lowest BCUT2D eigenvalue weighted by Crippen LogP contribution is -2.53. The van der Waals surface area contributed by atoms with E-state index in [1.165, 1.54) is 34.6 Å². The SMILES string of the molecule is [2H]c1c(C)[nH]c2ncnc(N(C)[C@@]3([2H])C([2H])([2H])N(C(=O)C([2H])([2H])[N+]#[C-])C([2H])([2H])C([2H])([2H])[C@@]3([2H])C([2H])([2H])[2H])c12.[2H]c1c(C)[nH]c2ncnc(N(C)[C@@]3([2H])C([2H])([2H])N(C(=O)C([2H])([2H])[N+]#[C-])C([2H])([2H])C([2H])([2H])[C@@]3([2H])C)c12.[2H]c1c(C)[nH]c2ncnc(N(C)[C@]3([2H])[C@H](C([2H])([2H])[2H])C([2H])([2H])C([2H])([2H])N(C(=O)C([2H])([2H])[N+]#[C-])C3([2H])[2H])c12.[2H]c1c(C)[nH]c2ncnc(N([C@@H]3[C@H](C([2H])([2H])[2H])C([2H])([2H])C([2H])([2H])N(C(=O)C([2H])([2H])[N+]#[C-])C3([2H])[2H])C([2H])([2H])[2H])c12.[2H]c1c(C)[nH]c2ncnc(N([C@@H]3[C@H](C)C([2H])([2H])C([2H])([2H])N(C(=O)C([2H])([2H])[N+]#[C-])C3([2H])[2H])C([2H])([2H])[2H])c12.[2H]c1c(C)[nH]c2ncnc(N([C@H]3C([2H])([2H])N(C(=O)C([2H])([2H])[N+]#[C-])C([2H])([2H])C([2H])([2H])[C@@]3([2H])C)C([2H])([2H])[2H])c12.